The van der Waals surface area contributed by atoms with Crippen LogP contribution in [-0.2, 0) is 0 Å². The standard InChI is InChI=1S/C16H21N3O3/c1-10-11(2)13(5-4-12(10)8-17)18-15(22)19-7-6-14(21)16(19,3)9-20/h4-5,14,20-21H,6-7,9H2,1-3H3,(H,18,22)/t14-,16-/m0/s1. The summed E-state index contributed by atoms with van der Waals surface area (Å²) in [5.41, 5.74) is 1.89. The topological polar surface area (TPSA) is 96.6 Å². The molecule has 22 heavy (non-hydrogen) atoms. The Morgan fingerprint density at radius 3 is 2.77 bits per heavy atom. The van der Waals surface area contributed by atoms with Gasteiger partial charge >= 0.3 is 6.03 Å². The van der Waals surface area contributed by atoms with Crippen LogP contribution in [-0.4, -0.2) is 45.9 Å². The molecule has 0 saturated carbocycles. The lowest BCUT2D eigenvalue weighted by Crippen LogP contribution is -2.54. The van der Waals surface area contributed by atoms with E-state index in [4.69, 9.17) is 5.26 Å². The molecule has 1 aliphatic rings. The molecule has 0 spiro atoms. The number of aliphatic hydroxyl groups is 2. The number of likely N-dealkylation sites (tertiary alicyclic amines) is 1. The molecule has 2 rings (SSSR count). The third-order valence-corrected chi connectivity index (χ3v) is 4.68. The lowest BCUT2D eigenvalue weighted by atomic mass is 9.97. The number of nitrogens with zero attached hydrogens (tertiary/aromatic N) is 2. The summed E-state index contributed by atoms with van der Waals surface area (Å²) < 4.78 is 0. The van der Waals surface area contributed by atoms with Gasteiger partial charge in [-0.05, 0) is 50.5 Å². The quantitative estimate of drug-likeness (QED) is 0.772. The van der Waals surface area contributed by atoms with Gasteiger partial charge in [0, 0.05) is 12.2 Å². The van der Waals surface area contributed by atoms with E-state index in [1.807, 2.05) is 13.8 Å². The summed E-state index contributed by atoms with van der Waals surface area (Å²) in [6.45, 7) is 5.43. The summed E-state index contributed by atoms with van der Waals surface area (Å²) >= 11 is 0. The summed E-state index contributed by atoms with van der Waals surface area (Å²) in [6, 6.07) is 5.11. The fourth-order valence-corrected chi connectivity index (χ4v) is 2.78. The third kappa shape index (κ3) is 2.54. The van der Waals surface area contributed by atoms with Crippen molar-refractivity contribution < 1.29 is 15.0 Å². The van der Waals surface area contributed by atoms with Gasteiger partial charge < -0.3 is 20.4 Å². The van der Waals surface area contributed by atoms with Gasteiger partial charge in [0.05, 0.1) is 29.9 Å². The largest absolute Gasteiger partial charge is 0.394 e. The summed E-state index contributed by atoms with van der Waals surface area (Å²) in [4.78, 5) is 13.9. The first-order valence-corrected chi connectivity index (χ1v) is 7.23. The van der Waals surface area contributed by atoms with E-state index in [-0.39, 0.29) is 12.6 Å². The van der Waals surface area contributed by atoms with Crippen molar-refractivity contribution in [1.82, 2.24) is 4.90 Å². The maximum atomic E-state index is 12.5. The number of carbonyl (C=O) groups is 1. The van der Waals surface area contributed by atoms with Crippen molar-refractivity contribution in [3.05, 3.63) is 28.8 Å². The lowest BCUT2D eigenvalue weighted by Gasteiger charge is -2.35. The number of urea groups is 1. The molecule has 0 aliphatic carbocycles. The van der Waals surface area contributed by atoms with E-state index < -0.39 is 11.6 Å². The molecule has 3 N–H and O–H groups in total. The number of anilines is 1. The molecule has 2 atom stereocenters. The Hall–Kier alpha value is -2.10. The molecule has 1 fully saturated rings. The average molecular weight is 303 g/mol. The van der Waals surface area contributed by atoms with Crippen LogP contribution in [0.4, 0.5) is 10.5 Å². The second-order valence-electron chi connectivity index (χ2n) is 5.92. The fraction of sp³-hybridized carbons (Fsp3) is 0.500. The number of hydrogen-bond acceptors (Lipinski definition) is 4. The molecule has 1 aromatic carbocycles. The van der Waals surface area contributed by atoms with Crippen molar-refractivity contribution in [2.75, 3.05) is 18.5 Å². The van der Waals surface area contributed by atoms with Crippen LogP contribution in [0.5, 0.6) is 0 Å². The Morgan fingerprint density at radius 2 is 2.18 bits per heavy atom. The fourth-order valence-electron chi connectivity index (χ4n) is 2.78. The minimum Gasteiger partial charge on any atom is -0.394 e. The van der Waals surface area contributed by atoms with Crippen molar-refractivity contribution in [3.63, 3.8) is 0 Å². The lowest BCUT2D eigenvalue weighted by molar-refractivity contribution is 0.0176. The Morgan fingerprint density at radius 1 is 1.50 bits per heavy atom. The smallest absolute Gasteiger partial charge is 0.322 e. The molecule has 0 unspecified atom stereocenters. The van der Waals surface area contributed by atoms with Crippen LogP contribution in [0, 0.1) is 25.2 Å². The zero-order valence-electron chi connectivity index (χ0n) is 13.1. The number of aliphatic hydroxyl groups excluding tert-OH is 2. The van der Waals surface area contributed by atoms with E-state index >= 15 is 0 Å². The zero-order valence-corrected chi connectivity index (χ0v) is 13.1. The third-order valence-electron chi connectivity index (χ3n) is 4.68. The van der Waals surface area contributed by atoms with Gasteiger partial charge in [-0.15, -0.1) is 0 Å². The Kier molecular flexibility index (Phi) is 4.40. The SMILES string of the molecule is Cc1c(C#N)ccc(NC(=O)N2CC[C@H](O)[C@]2(C)CO)c1C. The van der Waals surface area contributed by atoms with E-state index in [1.54, 1.807) is 19.1 Å². The van der Waals surface area contributed by atoms with Crippen molar-refractivity contribution in [2.24, 2.45) is 0 Å². The van der Waals surface area contributed by atoms with Gasteiger partial charge in [-0.2, -0.15) is 5.26 Å². The first-order valence-electron chi connectivity index (χ1n) is 7.23. The Balaban J connectivity index is 2.24. The number of nitriles is 1. The second kappa shape index (κ2) is 5.95. The number of nitrogens with one attached hydrogen (secondary N) is 1. The molecule has 1 heterocycles. The van der Waals surface area contributed by atoms with Crippen molar-refractivity contribution in [2.45, 2.75) is 38.8 Å². The van der Waals surface area contributed by atoms with Crippen molar-refractivity contribution >= 4 is 11.7 Å². The minimum absolute atomic E-state index is 0.299. The molecular formula is C16H21N3O3. The molecule has 118 valence electrons. The zero-order chi connectivity index (χ0) is 16.5. The summed E-state index contributed by atoms with van der Waals surface area (Å²) in [5.74, 6) is 0. The predicted molar refractivity (Wildman–Crippen MR) is 82.5 cm³/mol. The summed E-state index contributed by atoms with van der Waals surface area (Å²) in [5, 5.41) is 31.3. The van der Waals surface area contributed by atoms with Crippen molar-refractivity contribution in [1.29, 1.82) is 5.26 Å². The Labute approximate surface area is 130 Å². The van der Waals surface area contributed by atoms with Gasteiger partial charge in [-0.1, -0.05) is 0 Å². The van der Waals surface area contributed by atoms with Crippen molar-refractivity contribution in [3.8, 4) is 6.07 Å². The van der Waals surface area contributed by atoms with Gasteiger partial charge in [0.25, 0.3) is 0 Å². The molecule has 0 aromatic heterocycles. The van der Waals surface area contributed by atoms with Crippen LogP contribution in [0.2, 0.25) is 0 Å². The van der Waals surface area contributed by atoms with E-state index in [2.05, 4.69) is 11.4 Å². The first-order chi connectivity index (χ1) is 10.3. The number of benzene rings is 1. The van der Waals surface area contributed by atoms with Crippen LogP contribution >= 0.6 is 0 Å². The number of carbonyl (C=O) groups excluding carboxylic acids is 1. The molecular weight excluding hydrogens is 282 g/mol. The minimum atomic E-state index is -0.973. The van der Waals surface area contributed by atoms with E-state index in [0.29, 0.717) is 24.2 Å². The van der Waals surface area contributed by atoms with Crippen LogP contribution in [0.3, 0.4) is 0 Å². The summed E-state index contributed by atoms with van der Waals surface area (Å²) in [7, 11) is 0. The highest BCUT2D eigenvalue weighted by atomic mass is 16.3. The van der Waals surface area contributed by atoms with Crippen LogP contribution in [0.1, 0.15) is 30.0 Å². The molecule has 0 radical (unpaired) electrons. The van der Waals surface area contributed by atoms with Gasteiger partial charge in [0.2, 0.25) is 0 Å². The number of amides is 2. The maximum Gasteiger partial charge on any atom is 0.322 e. The van der Waals surface area contributed by atoms with Crippen LogP contribution in [0.15, 0.2) is 12.1 Å². The van der Waals surface area contributed by atoms with Gasteiger partial charge in [0.1, 0.15) is 0 Å². The Bertz CT molecular complexity index is 638. The van der Waals surface area contributed by atoms with Gasteiger partial charge in [-0.25, -0.2) is 4.79 Å². The highest BCUT2D eigenvalue weighted by molar-refractivity contribution is 5.91. The molecule has 1 aliphatic heterocycles. The molecule has 1 saturated heterocycles. The first kappa shape index (κ1) is 16.3. The monoisotopic (exact) mass is 303 g/mol. The highest BCUT2D eigenvalue weighted by Crippen LogP contribution is 2.30. The van der Waals surface area contributed by atoms with E-state index in [0.717, 1.165) is 11.1 Å². The van der Waals surface area contributed by atoms with Gasteiger partial charge in [0.15, 0.2) is 0 Å². The highest BCUT2D eigenvalue weighted by Gasteiger charge is 2.46. The number of rotatable bonds is 2. The maximum absolute atomic E-state index is 12.5. The molecule has 6 heteroatoms. The van der Waals surface area contributed by atoms with E-state index in [9.17, 15) is 15.0 Å². The van der Waals surface area contributed by atoms with E-state index in [1.165, 1.54) is 4.90 Å². The molecule has 2 amide bonds. The number of hydrogen-bond donors (Lipinski definition) is 3. The average Bonchev–Trinajstić information content (AvgIpc) is 2.80. The normalized spacial score (nSPS) is 24.2. The molecule has 1 aromatic rings. The van der Waals surface area contributed by atoms with Crippen LogP contribution in [0.25, 0.3) is 0 Å². The molecule has 0 bridgehead atoms. The predicted octanol–water partition coefficient (Wildman–Crippen LogP) is 1.52. The second-order valence-corrected chi connectivity index (χ2v) is 5.92. The summed E-state index contributed by atoms with van der Waals surface area (Å²) in [6.07, 6.45) is -0.303. The van der Waals surface area contributed by atoms with Crippen LogP contribution < -0.4 is 5.32 Å². The molecule has 6 nitrogen and oxygen atoms in total. The van der Waals surface area contributed by atoms with Gasteiger partial charge in [-0.3, -0.25) is 0 Å².